The van der Waals surface area contributed by atoms with Gasteiger partial charge in [0.2, 0.25) is 0 Å². The average Bonchev–Trinajstić information content (AvgIpc) is 3.02. The summed E-state index contributed by atoms with van der Waals surface area (Å²) in [6.07, 6.45) is 2.14. The third-order valence-electron chi connectivity index (χ3n) is 4.60. The van der Waals surface area contributed by atoms with Crippen molar-refractivity contribution in [2.45, 2.75) is 19.8 Å². The lowest BCUT2D eigenvalue weighted by Crippen LogP contribution is -1.99. The van der Waals surface area contributed by atoms with Crippen molar-refractivity contribution in [1.29, 1.82) is 0 Å². The first kappa shape index (κ1) is 17.3. The van der Waals surface area contributed by atoms with E-state index in [0.717, 1.165) is 29.3 Å². The van der Waals surface area contributed by atoms with Gasteiger partial charge in [0, 0.05) is 11.5 Å². The summed E-state index contributed by atoms with van der Waals surface area (Å²) in [6.45, 7) is 2.17. The van der Waals surface area contributed by atoms with Crippen molar-refractivity contribution in [1.82, 2.24) is 14.8 Å². The minimum atomic E-state index is -0.0595. The van der Waals surface area contributed by atoms with Crippen LogP contribution in [0.5, 0.6) is 11.5 Å². The molecular formula is C21H19N3O2S. The Balaban J connectivity index is 1.95. The Kier molecular flexibility index (Phi) is 4.41. The van der Waals surface area contributed by atoms with Crippen molar-refractivity contribution in [3.8, 4) is 28.6 Å². The van der Waals surface area contributed by atoms with E-state index < -0.39 is 0 Å². The van der Waals surface area contributed by atoms with Gasteiger partial charge < -0.3 is 10.2 Å². The van der Waals surface area contributed by atoms with Gasteiger partial charge in [-0.15, -0.1) is 0 Å². The number of aryl methyl sites for hydroxylation is 1. The second-order valence-corrected chi connectivity index (χ2v) is 6.86. The Bertz CT molecular complexity index is 1190. The third kappa shape index (κ3) is 3.08. The van der Waals surface area contributed by atoms with Crippen molar-refractivity contribution >= 4 is 23.0 Å². The lowest BCUT2D eigenvalue weighted by Gasteiger charge is -2.12. The van der Waals surface area contributed by atoms with Gasteiger partial charge in [-0.05, 0) is 47.8 Å². The molecule has 1 heterocycles. The number of nitrogens with one attached hydrogen (secondary N) is 1. The standard InChI is InChI=1S/C21H19N3O2S/c1-2-4-13-7-9-16-14(11-13)5-3-6-18(16)24-20(22-23-21(24)27)17-10-8-15(25)12-19(17)26/h3,5-12,25-26H,2,4H2,1H3,(H,23,27). The van der Waals surface area contributed by atoms with Gasteiger partial charge >= 0.3 is 0 Å². The number of phenolic OH excluding ortho intramolecular Hbond substituents is 2. The van der Waals surface area contributed by atoms with Crippen molar-refractivity contribution < 1.29 is 10.2 Å². The van der Waals surface area contributed by atoms with E-state index >= 15 is 0 Å². The first-order valence-corrected chi connectivity index (χ1v) is 9.21. The molecule has 136 valence electrons. The number of hydrogen-bond donors (Lipinski definition) is 3. The van der Waals surface area contributed by atoms with Crippen LogP contribution < -0.4 is 0 Å². The van der Waals surface area contributed by atoms with Gasteiger partial charge in [-0.2, -0.15) is 5.10 Å². The zero-order valence-electron chi connectivity index (χ0n) is 14.8. The summed E-state index contributed by atoms with van der Waals surface area (Å²) in [7, 11) is 0. The molecule has 0 aliphatic heterocycles. The molecule has 0 radical (unpaired) electrons. The second-order valence-electron chi connectivity index (χ2n) is 6.47. The van der Waals surface area contributed by atoms with Crippen molar-refractivity contribution in [2.75, 3.05) is 0 Å². The first-order valence-electron chi connectivity index (χ1n) is 8.80. The molecule has 0 saturated heterocycles. The van der Waals surface area contributed by atoms with E-state index in [2.05, 4.69) is 41.4 Å². The highest BCUT2D eigenvalue weighted by Crippen LogP contribution is 2.34. The largest absolute Gasteiger partial charge is 0.508 e. The van der Waals surface area contributed by atoms with E-state index in [1.54, 1.807) is 6.07 Å². The number of phenols is 2. The molecule has 0 spiro atoms. The quantitative estimate of drug-likeness (QED) is 0.432. The van der Waals surface area contributed by atoms with Gasteiger partial charge in [0.25, 0.3) is 0 Å². The fourth-order valence-corrected chi connectivity index (χ4v) is 3.60. The zero-order chi connectivity index (χ0) is 19.0. The Hall–Kier alpha value is -3.12. The Morgan fingerprint density at radius 3 is 2.70 bits per heavy atom. The van der Waals surface area contributed by atoms with Crippen molar-refractivity contribution in [3.63, 3.8) is 0 Å². The highest BCUT2D eigenvalue weighted by atomic mass is 32.1. The number of aromatic amines is 1. The molecular weight excluding hydrogens is 358 g/mol. The number of rotatable bonds is 4. The molecule has 4 aromatic rings. The summed E-state index contributed by atoms with van der Waals surface area (Å²) in [5.41, 5.74) is 2.67. The first-order chi connectivity index (χ1) is 13.1. The van der Waals surface area contributed by atoms with Gasteiger partial charge in [-0.25, -0.2) is 0 Å². The van der Waals surface area contributed by atoms with Gasteiger partial charge in [0.05, 0.1) is 11.3 Å². The number of aromatic hydroxyl groups is 2. The molecule has 5 nitrogen and oxygen atoms in total. The van der Waals surface area contributed by atoms with Crippen LogP contribution in [0.1, 0.15) is 18.9 Å². The van der Waals surface area contributed by atoms with Crippen molar-refractivity contribution in [2.24, 2.45) is 0 Å². The van der Waals surface area contributed by atoms with Crippen molar-refractivity contribution in [3.05, 3.63) is 64.9 Å². The molecule has 0 unspecified atom stereocenters. The van der Waals surface area contributed by atoms with E-state index in [-0.39, 0.29) is 11.5 Å². The summed E-state index contributed by atoms with van der Waals surface area (Å²) in [5.74, 6) is 0.420. The third-order valence-corrected chi connectivity index (χ3v) is 4.87. The Morgan fingerprint density at radius 2 is 1.93 bits per heavy atom. The molecule has 0 amide bonds. The average molecular weight is 377 g/mol. The minimum absolute atomic E-state index is 0.00875. The normalized spacial score (nSPS) is 11.1. The summed E-state index contributed by atoms with van der Waals surface area (Å²) in [5, 5.41) is 29.1. The number of aromatic nitrogens is 3. The number of fused-ring (bicyclic) bond motifs is 1. The molecule has 3 aromatic carbocycles. The maximum Gasteiger partial charge on any atom is 0.200 e. The molecule has 0 saturated carbocycles. The summed E-state index contributed by atoms with van der Waals surface area (Å²) in [6, 6.07) is 16.9. The number of nitrogens with zero attached hydrogens (tertiary/aromatic N) is 2. The molecule has 0 bridgehead atoms. The van der Waals surface area contributed by atoms with E-state index in [0.29, 0.717) is 16.2 Å². The molecule has 0 atom stereocenters. The molecule has 6 heteroatoms. The monoisotopic (exact) mass is 377 g/mol. The topological polar surface area (TPSA) is 74.1 Å². The molecule has 0 aliphatic carbocycles. The minimum Gasteiger partial charge on any atom is -0.508 e. The van der Waals surface area contributed by atoms with Crippen LogP contribution in [-0.2, 0) is 6.42 Å². The summed E-state index contributed by atoms with van der Waals surface area (Å²) < 4.78 is 2.24. The molecule has 1 aromatic heterocycles. The maximum atomic E-state index is 10.3. The van der Waals surface area contributed by atoms with Crippen LogP contribution in [0, 0.1) is 4.77 Å². The van der Waals surface area contributed by atoms with Crippen LogP contribution >= 0.6 is 12.2 Å². The SMILES string of the molecule is CCCc1ccc2c(-n3c(-c4ccc(O)cc4O)n[nH]c3=S)cccc2c1. The van der Waals surface area contributed by atoms with E-state index in [9.17, 15) is 10.2 Å². The van der Waals surface area contributed by atoms with Crippen LogP contribution in [0.3, 0.4) is 0 Å². The summed E-state index contributed by atoms with van der Waals surface area (Å²) in [4.78, 5) is 0. The highest BCUT2D eigenvalue weighted by Gasteiger charge is 2.16. The zero-order valence-corrected chi connectivity index (χ0v) is 15.6. The number of hydrogen-bond acceptors (Lipinski definition) is 4. The predicted molar refractivity (Wildman–Crippen MR) is 109 cm³/mol. The van der Waals surface area contributed by atoms with Gasteiger partial charge in [0.1, 0.15) is 11.5 Å². The lowest BCUT2D eigenvalue weighted by molar-refractivity contribution is 0.451. The van der Waals surface area contributed by atoms with E-state index in [1.165, 1.54) is 17.7 Å². The van der Waals surface area contributed by atoms with Gasteiger partial charge in [0.15, 0.2) is 10.6 Å². The van der Waals surface area contributed by atoms with E-state index in [1.807, 2.05) is 16.7 Å². The molecule has 0 fully saturated rings. The lowest BCUT2D eigenvalue weighted by atomic mass is 10.0. The Labute approximate surface area is 161 Å². The van der Waals surface area contributed by atoms with E-state index in [4.69, 9.17) is 12.2 Å². The fraction of sp³-hybridized carbons (Fsp3) is 0.143. The second kappa shape index (κ2) is 6.89. The Morgan fingerprint density at radius 1 is 1.07 bits per heavy atom. The molecule has 0 aliphatic rings. The van der Waals surface area contributed by atoms with Crippen LogP contribution in [0.4, 0.5) is 0 Å². The number of benzene rings is 3. The molecule has 27 heavy (non-hydrogen) atoms. The van der Waals surface area contributed by atoms with Gasteiger partial charge in [-0.3, -0.25) is 9.67 Å². The summed E-state index contributed by atoms with van der Waals surface area (Å²) >= 11 is 5.47. The fourth-order valence-electron chi connectivity index (χ4n) is 3.37. The van der Waals surface area contributed by atoms with Crippen LogP contribution in [0.2, 0.25) is 0 Å². The molecule has 3 N–H and O–H groups in total. The number of H-pyrrole nitrogens is 1. The van der Waals surface area contributed by atoms with Gasteiger partial charge in [-0.1, -0.05) is 43.7 Å². The maximum absolute atomic E-state index is 10.3. The smallest absolute Gasteiger partial charge is 0.200 e. The van der Waals surface area contributed by atoms with Crippen LogP contribution in [0.25, 0.3) is 27.8 Å². The van der Waals surface area contributed by atoms with Crippen LogP contribution in [-0.4, -0.2) is 25.0 Å². The van der Waals surface area contributed by atoms with Crippen LogP contribution in [0.15, 0.2) is 54.6 Å². The highest BCUT2D eigenvalue weighted by molar-refractivity contribution is 7.71. The molecule has 4 rings (SSSR count). The predicted octanol–water partition coefficient (Wildman–Crippen LogP) is 5.11.